The molecule has 8 nitrogen and oxygen atoms in total. The van der Waals surface area contributed by atoms with Crippen molar-refractivity contribution < 1.29 is 14.3 Å². The molecule has 2 fully saturated rings. The highest BCUT2D eigenvalue weighted by Gasteiger charge is 2.30. The fourth-order valence-electron chi connectivity index (χ4n) is 4.43. The molecule has 0 bridgehead atoms. The maximum absolute atomic E-state index is 12.7. The molecule has 0 aromatic heterocycles. The molecule has 0 radical (unpaired) electrons. The van der Waals surface area contributed by atoms with Gasteiger partial charge in [0.25, 0.3) is 0 Å². The summed E-state index contributed by atoms with van der Waals surface area (Å²) in [6, 6.07) is 5.97. The van der Waals surface area contributed by atoms with E-state index in [1.165, 1.54) is 5.56 Å². The van der Waals surface area contributed by atoms with Gasteiger partial charge in [-0.15, -0.1) is 0 Å². The monoisotopic (exact) mass is 445 g/mol. The predicted molar refractivity (Wildman–Crippen MR) is 128 cm³/mol. The minimum Gasteiger partial charge on any atom is -0.493 e. The standard InChI is InChI=1S/C24H39N5O3/c1-5-25-24(26-11-10-20-8-9-21(31-3)22(18-20)32-4)29-16-14-27(15-17-29)19(2)23(30)28-12-6-7-13-28/h8-9,18-19H,5-7,10-17H2,1-4H3,(H,25,26). The zero-order valence-corrected chi connectivity index (χ0v) is 20.1. The van der Waals surface area contributed by atoms with Crippen molar-refractivity contribution in [2.24, 2.45) is 4.99 Å². The number of benzene rings is 1. The molecular weight excluding hydrogens is 406 g/mol. The van der Waals surface area contributed by atoms with Gasteiger partial charge in [-0.2, -0.15) is 0 Å². The fourth-order valence-corrected chi connectivity index (χ4v) is 4.43. The van der Waals surface area contributed by atoms with Gasteiger partial charge in [-0.1, -0.05) is 6.07 Å². The highest BCUT2D eigenvalue weighted by Crippen LogP contribution is 2.27. The number of methoxy groups -OCH3 is 2. The Labute approximate surface area is 192 Å². The highest BCUT2D eigenvalue weighted by molar-refractivity contribution is 5.82. The van der Waals surface area contributed by atoms with Crippen LogP contribution in [0.2, 0.25) is 0 Å². The van der Waals surface area contributed by atoms with E-state index in [0.717, 1.165) is 82.5 Å². The van der Waals surface area contributed by atoms with E-state index >= 15 is 0 Å². The molecule has 32 heavy (non-hydrogen) atoms. The quantitative estimate of drug-likeness (QED) is 0.486. The Morgan fingerprint density at radius 1 is 1.03 bits per heavy atom. The lowest BCUT2D eigenvalue weighted by molar-refractivity contribution is -0.135. The number of nitrogens with one attached hydrogen (secondary N) is 1. The topological polar surface area (TPSA) is 69.6 Å². The molecule has 2 heterocycles. The number of guanidine groups is 1. The molecule has 0 spiro atoms. The van der Waals surface area contributed by atoms with Gasteiger partial charge in [-0.3, -0.25) is 14.7 Å². The van der Waals surface area contributed by atoms with E-state index in [9.17, 15) is 4.79 Å². The van der Waals surface area contributed by atoms with Crippen LogP contribution in [0.3, 0.4) is 0 Å². The van der Waals surface area contributed by atoms with E-state index in [0.29, 0.717) is 6.54 Å². The molecule has 1 amide bonds. The summed E-state index contributed by atoms with van der Waals surface area (Å²) in [5.41, 5.74) is 1.17. The van der Waals surface area contributed by atoms with Crippen LogP contribution in [-0.4, -0.2) is 99.2 Å². The number of hydrogen-bond acceptors (Lipinski definition) is 5. The molecule has 2 saturated heterocycles. The van der Waals surface area contributed by atoms with Crippen molar-refractivity contribution in [2.45, 2.75) is 39.2 Å². The van der Waals surface area contributed by atoms with Gasteiger partial charge in [0.2, 0.25) is 5.91 Å². The minimum absolute atomic E-state index is 0.0418. The Morgan fingerprint density at radius 3 is 2.34 bits per heavy atom. The van der Waals surface area contributed by atoms with Crippen LogP contribution < -0.4 is 14.8 Å². The number of amides is 1. The smallest absolute Gasteiger partial charge is 0.239 e. The van der Waals surface area contributed by atoms with Crippen molar-refractivity contribution >= 4 is 11.9 Å². The molecule has 178 valence electrons. The molecule has 0 aliphatic carbocycles. The first-order valence-corrected chi connectivity index (χ1v) is 11.8. The molecule has 2 aliphatic heterocycles. The third-order valence-electron chi connectivity index (χ3n) is 6.38. The summed E-state index contributed by atoms with van der Waals surface area (Å²) in [6.07, 6.45) is 3.10. The van der Waals surface area contributed by atoms with Gasteiger partial charge in [0, 0.05) is 52.4 Å². The lowest BCUT2D eigenvalue weighted by Crippen LogP contribution is -2.57. The number of piperazine rings is 1. The predicted octanol–water partition coefficient (Wildman–Crippen LogP) is 1.84. The third-order valence-corrected chi connectivity index (χ3v) is 6.38. The van der Waals surface area contributed by atoms with Crippen LogP contribution >= 0.6 is 0 Å². The molecule has 1 atom stereocenters. The highest BCUT2D eigenvalue weighted by atomic mass is 16.5. The Bertz CT molecular complexity index is 771. The molecule has 1 unspecified atom stereocenters. The van der Waals surface area contributed by atoms with Crippen LogP contribution in [0.4, 0.5) is 0 Å². The van der Waals surface area contributed by atoms with Crippen molar-refractivity contribution in [3.63, 3.8) is 0 Å². The number of carbonyl (C=O) groups is 1. The number of rotatable bonds is 8. The Morgan fingerprint density at radius 2 is 1.72 bits per heavy atom. The largest absolute Gasteiger partial charge is 0.493 e. The number of ether oxygens (including phenoxy) is 2. The van der Waals surface area contributed by atoms with E-state index in [-0.39, 0.29) is 11.9 Å². The van der Waals surface area contributed by atoms with Gasteiger partial charge in [0.05, 0.1) is 20.3 Å². The molecular formula is C24H39N5O3. The Balaban J connectivity index is 1.53. The van der Waals surface area contributed by atoms with Crippen molar-refractivity contribution in [3.05, 3.63) is 23.8 Å². The first-order valence-electron chi connectivity index (χ1n) is 11.8. The zero-order chi connectivity index (χ0) is 22.9. The fraction of sp³-hybridized carbons (Fsp3) is 0.667. The lowest BCUT2D eigenvalue weighted by atomic mass is 10.1. The number of hydrogen-bond donors (Lipinski definition) is 1. The minimum atomic E-state index is -0.0418. The Hall–Kier alpha value is -2.48. The van der Waals surface area contributed by atoms with Gasteiger partial charge in [0.15, 0.2) is 17.5 Å². The number of carbonyl (C=O) groups excluding carboxylic acids is 1. The van der Waals surface area contributed by atoms with Crippen LogP contribution in [0, 0.1) is 0 Å². The normalized spacial score (nSPS) is 18.6. The zero-order valence-electron chi connectivity index (χ0n) is 20.1. The number of likely N-dealkylation sites (tertiary alicyclic amines) is 1. The van der Waals surface area contributed by atoms with E-state index in [2.05, 4.69) is 35.0 Å². The molecule has 1 N–H and O–H groups in total. The van der Waals surface area contributed by atoms with Gasteiger partial charge < -0.3 is 24.6 Å². The maximum Gasteiger partial charge on any atom is 0.239 e. The summed E-state index contributed by atoms with van der Waals surface area (Å²) >= 11 is 0. The summed E-state index contributed by atoms with van der Waals surface area (Å²) in [7, 11) is 3.30. The van der Waals surface area contributed by atoms with Crippen molar-refractivity contribution in [2.75, 3.05) is 66.6 Å². The van der Waals surface area contributed by atoms with E-state index in [1.54, 1.807) is 14.2 Å². The molecule has 1 aromatic carbocycles. The molecule has 1 aromatic rings. The average Bonchev–Trinajstić information content (AvgIpc) is 3.37. The molecule has 0 saturated carbocycles. The maximum atomic E-state index is 12.7. The van der Waals surface area contributed by atoms with Gasteiger partial charge in [0.1, 0.15) is 0 Å². The SMILES string of the molecule is CCNC(=NCCc1ccc(OC)c(OC)c1)N1CCN(C(C)C(=O)N2CCCC2)CC1. The van der Waals surface area contributed by atoms with Crippen LogP contribution in [0.25, 0.3) is 0 Å². The second-order valence-corrected chi connectivity index (χ2v) is 8.41. The summed E-state index contributed by atoms with van der Waals surface area (Å²) < 4.78 is 10.7. The number of nitrogens with zero attached hydrogens (tertiary/aromatic N) is 4. The van der Waals surface area contributed by atoms with E-state index < -0.39 is 0 Å². The first-order chi connectivity index (χ1) is 15.6. The molecule has 8 heteroatoms. The van der Waals surface area contributed by atoms with Crippen molar-refractivity contribution in [3.8, 4) is 11.5 Å². The van der Waals surface area contributed by atoms with Crippen LogP contribution in [0.15, 0.2) is 23.2 Å². The van der Waals surface area contributed by atoms with Crippen molar-refractivity contribution in [1.82, 2.24) is 20.0 Å². The average molecular weight is 446 g/mol. The van der Waals surface area contributed by atoms with Gasteiger partial charge >= 0.3 is 0 Å². The third kappa shape index (κ3) is 6.06. The summed E-state index contributed by atoms with van der Waals surface area (Å²) in [4.78, 5) is 24.2. The van der Waals surface area contributed by atoms with Gasteiger partial charge in [-0.25, -0.2) is 0 Å². The first kappa shape index (κ1) is 24.2. The second-order valence-electron chi connectivity index (χ2n) is 8.41. The van der Waals surface area contributed by atoms with E-state index in [1.807, 2.05) is 17.0 Å². The van der Waals surface area contributed by atoms with Crippen LogP contribution in [0.5, 0.6) is 11.5 Å². The second kappa shape index (κ2) is 11.9. The van der Waals surface area contributed by atoms with Crippen molar-refractivity contribution in [1.29, 1.82) is 0 Å². The summed E-state index contributed by atoms with van der Waals surface area (Å²) in [5.74, 6) is 2.72. The van der Waals surface area contributed by atoms with Gasteiger partial charge in [-0.05, 0) is 50.8 Å². The Kier molecular flexibility index (Phi) is 9.02. The van der Waals surface area contributed by atoms with Crippen LogP contribution in [0.1, 0.15) is 32.3 Å². The number of aliphatic imine (C=N–C) groups is 1. The summed E-state index contributed by atoms with van der Waals surface area (Å²) in [5, 5.41) is 3.43. The summed E-state index contributed by atoms with van der Waals surface area (Å²) in [6.45, 7) is 11.0. The molecule has 2 aliphatic rings. The van der Waals surface area contributed by atoms with Crippen LogP contribution in [-0.2, 0) is 11.2 Å². The lowest BCUT2D eigenvalue weighted by Gasteiger charge is -2.39. The van der Waals surface area contributed by atoms with E-state index in [4.69, 9.17) is 14.5 Å². The molecule has 3 rings (SSSR count).